The summed E-state index contributed by atoms with van der Waals surface area (Å²) in [5.41, 5.74) is 4.04. The lowest BCUT2D eigenvalue weighted by atomic mass is 10.3. The number of nitrogen functional groups attached to an aromatic ring is 1. The normalized spacial score (nSPS) is 11.6. The summed E-state index contributed by atoms with van der Waals surface area (Å²) in [6.07, 6.45) is -4.45. The molecule has 7 heteroatoms. The summed E-state index contributed by atoms with van der Waals surface area (Å²) >= 11 is 0.681. The number of alkyl halides is 3. The lowest BCUT2D eigenvalue weighted by Crippen LogP contribution is -2.08. The third-order valence-corrected chi connectivity index (χ3v) is 2.16. The number of rotatable bonds is 2. The standard InChI is InChI=1S/C6H5F3N2OS/c7-6(8,9)4-3(1-2-12)13-5(10)11-4/h2H,1H2,(H2,10,11). The zero-order valence-corrected chi connectivity index (χ0v) is 7.08. The van der Waals surface area contributed by atoms with Crippen LogP contribution in [-0.2, 0) is 17.4 Å². The average Bonchev–Trinajstić information content (AvgIpc) is 2.30. The first kappa shape index (κ1) is 9.97. The Morgan fingerprint density at radius 1 is 1.54 bits per heavy atom. The van der Waals surface area contributed by atoms with E-state index in [1.807, 2.05) is 0 Å². The largest absolute Gasteiger partial charge is 0.434 e. The Bertz CT molecular complexity index is 320. The lowest BCUT2D eigenvalue weighted by Gasteiger charge is -2.02. The number of halogens is 3. The van der Waals surface area contributed by atoms with Gasteiger partial charge in [0.05, 0.1) is 0 Å². The number of thiazole rings is 1. The number of nitrogens with zero attached hydrogens (tertiary/aromatic N) is 1. The fourth-order valence-electron chi connectivity index (χ4n) is 0.805. The first-order valence-electron chi connectivity index (χ1n) is 3.21. The van der Waals surface area contributed by atoms with Gasteiger partial charge in [-0.25, -0.2) is 4.98 Å². The minimum Gasteiger partial charge on any atom is -0.375 e. The Hall–Kier alpha value is -1.11. The zero-order valence-electron chi connectivity index (χ0n) is 6.26. The first-order chi connectivity index (χ1) is 5.95. The van der Waals surface area contributed by atoms with Gasteiger partial charge >= 0.3 is 6.18 Å². The van der Waals surface area contributed by atoms with Gasteiger partial charge < -0.3 is 10.5 Å². The molecule has 0 saturated carbocycles. The molecule has 1 aromatic rings. The van der Waals surface area contributed by atoms with Crippen molar-refractivity contribution in [2.75, 3.05) is 5.73 Å². The van der Waals surface area contributed by atoms with Crippen LogP contribution in [0.1, 0.15) is 10.6 Å². The molecule has 0 fully saturated rings. The highest BCUT2D eigenvalue weighted by Crippen LogP contribution is 2.35. The Labute approximate surface area is 75.4 Å². The number of carbonyl (C=O) groups excluding carboxylic acids is 1. The molecule has 0 radical (unpaired) electrons. The molecule has 1 aromatic heterocycles. The van der Waals surface area contributed by atoms with Crippen LogP contribution in [-0.4, -0.2) is 11.3 Å². The van der Waals surface area contributed by atoms with E-state index < -0.39 is 11.9 Å². The maximum atomic E-state index is 12.2. The molecular formula is C6H5F3N2OS. The van der Waals surface area contributed by atoms with Crippen LogP contribution in [0.2, 0.25) is 0 Å². The van der Waals surface area contributed by atoms with E-state index in [9.17, 15) is 18.0 Å². The maximum Gasteiger partial charge on any atom is 0.434 e. The van der Waals surface area contributed by atoms with Crippen molar-refractivity contribution in [3.8, 4) is 0 Å². The molecule has 13 heavy (non-hydrogen) atoms. The topological polar surface area (TPSA) is 56.0 Å². The van der Waals surface area contributed by atoms with E-state index in [1.54, 1.807) is 0 Å². The van der Waals surface area contributed by atoms with Gasteiger partial charge in [-0.15, -0.1) is 11.3 Å². The summed E-state index contributed by atoms with van der Waals surface area (Å²) in [6, 6.07) is 0. The first-order valence-corrected chi connectivity index (χ1v) is 4.03. The molecule has 1 rings (SSSR count). The summed E-state index contributed by atoms with van der Waals surface area (Å²) in [5, 5.41) is -0.177. The van der Waals surface area contributed by atoms with Gasteiger partial charge in [-0.1, -0.05) is 0 Å². The number of hydrogen-bond acceptors (Lipinski definition) is 4. The van der Waals surface area contributed by atoms with Gasteiger partial charge in [-0.2, -0.15) is 13.2 Å². The molecule has 0 aliphatic carbocycles. The molecule has 1 heterocycles. The van der Waals surface area contributed by atoms with E-state index in [4.69, 9.17) is 5.73 Å². The van der Waals surface area contributed by atoms with Crippen molar-refractivity contribution in [1.82, 2.24) is 4.98 Å². The van der Waals surface area contributed by atoms with Gasteiger partial charge in [0.25, 0.3) is 0 Å². The third-order valence-electron chi connectivity index (χ3n) is 1.25. The average molecular weight is 210 g/mol. The molecule has 0 amide bonds. The Morgan fingerprint density at radius 3 is 2.62 bits per heavy atom. The second kappa shape index (κ2) is 3.33. The van der Waals surface area contributed by atoms with E-state index in [1.165, 1.54) is 0 Å². The van der Waals surface area contributed by atoms with Gasteiger partial charge in [0.2, 0.25) is 0 Å². The monoisotopic (exact) mass is 210 g/mol. The van der Waals surface area contributed by atoms with Crippen molar-refractivity contribution >= 4 is 22.8 Å². The van der Waals surface area contributed by atoms with E-state index in [-0.39, 0.29) is 16.4 Å². The second-order valence-electron chi connectivity index (χ2n) is 2.19. The molecule has 0 spiro atoms. The molecular weight excluding hydrogens is 205 g/mol. The summed E-state index contributed by atoms with van der Waals surface area (Å²) in [7, 11) is 0. The fourth-order valence-corrected chi connectivity index (χ4v) is 1.60. The Morgan fingerprint density at radius 2 is 2.15 bits per heavy atom. The summed E-state index contributed by atoms with van der Waals surface area (Å²) in [5.74, 6) is 0. The van der Waals surface area contributed by atoms with Crippen molar-refractivity contribution in [2.24, 2.45) is 0 Å². The maximum absolute atomic E-state index is 12.2. The van der Waals surface area contributed by atoms with Crippen LogP contribution >= 0.6 is 11.3 Å². The Balaban J connectivity index is 3.11. The third kappa shape index (κ3) is 2.18. The van der Waals surface area contributed by atoms with Crippen LogP contribution < -0.4 is 5.73 Å². The fraction of sp³-hybridized carbons (Fsp3) is 0.333. The number of nitrogens with two attached hydrogens (primary N) is 1. The van der Waals surface area contributed by atoms with Crippen LogP contribution in [0.15, 0.2) is 0 Å². The minimum absolute atomic E-state index is 0.139. The highest BCUT2D eigenvalue weighted by Gasteiger charge is 2.36. The molecule has 2 N–H and O–H groups in total. The summed E-state index contributed by atoms with van der Waals surface area (Å²) in [6.45, 7) is 0. The molecule has 3 nitrogen and oxygen atoms in total. The Kier molecular flexibility index (Phi) is 2.55. The second-order valence-corrected chi connectivity index (χ2v) is 3.31. The SMILES string of the molecule is Nc1nc(C(F)(F)F)c(CC=O)s1. The predicted octanol–water partition coefficient (Wildman–Crippen LogP) is 1.49. The highest BCUT2D eigenvalue weighted by atomic mass is 32.1. The quantitative estimate of drug-likeness (QED) is 0.752. The van der Waals surface area contributed by atoms with Crippen molar-refractivity contribution < 1.29 is 18.0 Å². The van der Waals surface area contributed by atoms with Gasteiger partial charge in [0, 0.05) is 11.3 Å². The summed E-state index contributed by atoms with van der Waals surface area (Å²) in [4.78, 5) is 13.0. The molecule has 0 unspecified atom stereocenters. The smallest absolute Gasteiger partial charge is 0.375 e. The summed E-state index contributed by atoms with van der Waals surface area (Å²) < 4.78 is 36.5. The van der Waals surface area contributed by atoms with Gasteiger partial charge in [0.1, 0.15) is 6.29 Å². The van der Waals surface area contributed by atoms with Crippen LogP contribution in [0, 0.1) is 0 Å². The van der Waals surface area contributed by atoms with Crippen molar-refractivity contribution in [2.45, 2.75) is 12.6 Å². The number of hydrogen-bond donors (Lipinski definition) is 1. The van der Waals surface area contributed by atoms with E-state index in [0.717, 1.165) is 0 Å². The van der Waals surface area contributed by atoms with E-state index in [2.05, 4.69) is 4.98 Å². The number of aldehydes is 1. The zero-order chi connectivity index (χ0) is 10.1. The molecule has 0 aliphatic heterocycles. The predicted molar refractivity (Wildman–Crippen MR) is 41.3 cm³/mol. The highest BCUT2D eigenvalue weighted by molar-refractivity contribution is 7.15. The molecule has 0 atom stereocenters. The molecule has 0 aliphatic rings. The molecule has 72 valence electrons. The van der Waals surface area contributed by atoms with Crippen molar-refractivity contribution in [3.05, 3.63) is 10.6 Å². The van der Waals surface area contributed by atoms with Crippen LogP contribution in [0.3, 0.4) is 0 Å². The van der Waals surface area contributed by atoms with Crippen LogP contribution in [0.25, 0.3) is 0 Å². The van der Waals surface area contributed by atoms with Gasteiger partial charge in [-0.05, 0) is 0 Å². The van der Waals surface area contributed by atoms with Crippen LogP contribution in [0.5, 0.6) is 0 Å². The van der Waals surface area contributed by atoms with Crippen molar-refractivity contribution in [3.63, 3.8) is 0 Å². The van der Waals surface area contributed by atoms with Gasteiger partial charge in [0.15, 0.2) is 10.8 Å². The number of aromatic nitrogens is 1. The lowest BCUT2D eigenvalue weighted by molar-refractivity contribution is -0.141. The van der Waals surface area contributed by atoms with E-state index >= 15 is 0 Å². The molecule has 0 aromatic carbocycles. The van der Waals surface area contributed by atoms with Gasteiger partial charge in [-0.3, -0.25) is 0 Å². The molecule has 0 bridgehead atoms. The number of anilines is 1. The minimum atomic E-state index is -4.54. The van der Waals surface area contributed by atoms with E-state index in [0.29, 0.717) is 17.6 Å². The number of carbonyl (C=O) groups is 1. The van der Waals surface area contributed by atoms with Crippen molar-refractivity contribution in [1.29, 1.82) is 0 Å². The molecule has 0 saturated heterocycles. The van der Waals surface area contributed by atoms with Crippen LogP contribution in [0.4, 0.5) is 18.3 Å².